The molecule has 1 unspecified atom stereocenters. The van der Waals surface area contributed by atoms with Crippen molar-refractivity contribution in [2.45, 2.75) is 6.10 Å². The number of aliphatic carboxylic acids is 1. The molecular weight excluding hydrogens is 161 g/mol. The fourth-order valence-electron chi connectivity index (χ4n) is 0.410. The Morgan fingerprint density at radius 3 is 2.55 bits per heavy atom. The van der Waals surface area contributed by atoms with Crippen molar-refractivity contribution >= 4 is 5.97 Å². The van der Waals surface area contributed by atoms with Crippen LogP contribution in [0.3, 0.4) is 0 Å². The van der Waals surface area contributed by atoms with Gasteiger partial charge in [-0.1, -0.05) is 0 Å². The third-order valence-electron chi connectivity index (χ3n) is 0.867. The van der Waals surface area contributed by atoms with E-state index in [4.69, 9.17) is 15.3 Å². The third-order valence-corrected chi connectivity index (χ3v) is 0.867. The van der Waals surface area contributed by atoms with Crippen LogP contribution >= 0.6 is 0 Å². The van der Waals surface area contributed by atoms with Crippen LogP contribution in [0.5, 0.6) is 0 Å². The molecule has 1 atom stereocenters. The molecule has 0 amide bonds. The van der Waals surface area contributed by atoms with Crippen molar-refractivity contribution < 1.29 is 51.1 Å². The first-order valence-electron chi connectivity index (χ1n) is 2.88. The Morgan fingerprint density at radius 2 is 2.18 bits per heavy atom. The molecule has 4 N–H and O–H groups in total. The molecule has 0 rings (SSSR count). The van der Waals surface area contributed by atoms with E-state index in [-0.39, 0.29) is 50.7 Å². The molecule has 0 aromatic carbocycles. The zero-order chi connectivity index (χ0) is 7.98. The molecule has 6 heteroatoms. The normalized spacial score (nSPS) is 11.8. The maximum Gasteiger partial charge on any atom is 1.00 e. The SMILES string of the molecule is O=C(O)CNCC(O)CO.[H-].[Na+]. The van der Waals surface area contributed by atoms with Gasteiger partial charge in [0.05, 0.1) is 19.3 Å². The minimum absolute atomic E-state index is 0. The monoisotopic (exact) mass is 173 g/mol. The number of carbonyl (C=O) groups is 1. The van der Waals surface area contributed by atoms with Gasteiger partial charge in [0.15, 0.2) is 0 Å². The average molecular weight is 173 g/mol. The second-order valence-electron chi connectivity index (χ2n) is 1.86. The molecule has 5 nitrogen and oxygen atoms in total. The van der Waals surface area contributed by atoms with Crippen molar-refractivity contribution in [2.24, 2.45) is 0 Å². The second-order valence-corrected chi connectivity index (χ2v) is 1.86. The molecular formula is C5H12NNaO4. The van der Waals surface area contributed by atoms with Gasteiger partial charge in [0.25, 0.3) is 0 Å². The van der Waals surface area contributed by atoms with E-state index >= 15 is 0 Å². The molecule has 0 saturated heterocycles. The average Bonchev–Trinajstić information content (AvgIpc) is 1.87. The van der Waals surface area contributed by atoms with Gasteiger partial charge in [0, 0.05) is 6.54 Å². The van der Waals surface area contributed by atoms with E-state index in [0.717, 1.165) is 0 Å². The molecule has 0 fully saturated rings. The van der Waals surface area contributed by atoms with Crippen LogP contribution in [0.15, 0.2) is 0 Å². The van der Waals surface area contributed by atoms with Crippen LogP contribution in [-0.2, 0) is 4.79 Å². The Bertz CT molecular complexity index is 116. The predicted molar refractivity (Wildman–Crippen MR) is 34.7 cm³/mol. The molecule has 0 bridgehead atoms. The molecule has 0 aromatic rings. The second kappa shape index (κ2) is 8.45. The summed E-state index contributed by atoms with van der Waals surface area (Å²) in [4.78, 5) is 9.86. The van der Waals surface area contributed by atoms with Crippen molar-refractivity contribution in [1.82, 2.24) is 5.32 Å². The zero-order valence-electron chi connectivity index (χ0n) is 7.45. The Labute approximate surface area is 88.2 Å². The summed E-state index contributed by atoms with van der Waals surface area (Å²) in [5, 5.41) is 27.4. The van der Waals surface area contributed by atoms with E-state index in [1.54, 1.807) is 0 Å². The van der Waals surface area contributed by atoms with Crippen LogP contribution in [0.25, 0.3) is 0 Å². The molecule has 62 valence electrons. The van der Waals surface area contributed by atoms with Crippen molar-refractivity contribution in [3.05, 3.63) is 0 Å². The van der Waals surface area contributed by atoms with Crippen LogP contribution in [0, 0.1) is 0 Å². The molecule has 0 aliphatic rings. The number of aliphatic hydroxyl groups excluding tert-OH is 2. The predicted octanol–water partition coefficient (Wildman–Crippen LogP) is -4.87. The van der Waals surface area contributed by atoms with Crippen LogP contribution in [0.4, 0.5) is 0 Å². The molecule has 0 heterocycles. The van der Waals surface area contributed by atoms with Crippen LogP contribution < -0.4 is 34.9 Å². The van der Waals surface area contributed by atoms with E-state index in [0.29, 0.717) is 0 Å². The molecule has 0 radical (unpaired) electrons. The molecule has 0 aliphatic heterocycles. The Morgan fingerprint density at radius 1 is 1.64 bits per heavy atom. The summed E-state index contributed by atoms with van der Waals surface area (Å²) in [6.07, 6.45) is -0.876. The minimum Gasteiger partial charge on any atom is -1.00 e. The summed E-state index contributed by atoms with van der Waals surface area (Å²) in [5.74, 6) is -0.981. The number of nitrogens with one attached hydrogen (secondary N) is 1. The molecule has 0 aromatic heterocycles. The van der Waals surface area contributed by atoms with Crippen molar-refractivity contribution in [2.75, 3.05) is 19.7 Å². The molecule has 0 saturated carbocycles. The first-order chi connectivity index (χ1) is 4.66. The van der Waals surface area contributed by atoms with Crippen LogP contribution in [0.1, 0.15) is 1.43 Å². The summed E-state index contributed by atoms with van der Waals surface area (Å²) in [6.45, 7) is -0.452. The molecule has 11 heavy (non-hydrogen) atoms. The van der Waals surface area contributed by atoms with E-state index in [9.17, 15) is 4.79 Å². The first kappa shape index (κ1) is 13.9. The Balaban J connectivity index is -0.000000405. The van der Waals surface area contributed by atoms with Gasteiger partial charge in [-0.2, -0.15) is 0 Å². The molecule has 0 aliphatic carbocycles. The Kier molecular flexibility index (Phi) is 10.7. The summed E-state index contributed by atoms with van der Waals surface area (Å²) in [6, 6.07) is 0. The van der Waals surface area contributed by atoms with Crippen molar-refractivity contribution in [1.29, 1.82) is 0 Å². The Hall–Kier alpha value is 0.350. The van der Waals surface area contributed by atoms with E-state index in [1.807, 2.05) is 0 Å². The van der Waals surface area contributed by atoms with Gasteiger partial charge >= 0.3 is 35.5 Å². The largest absolute Gasteiger partial charge is 1.00 e. The maximum absolute atomic E-state index is 9.86. The molecule has 0 spiro atoms. The number of hydrogen-bond acceptors (Lipinski definition) is 4. The number of carboxylic acids is 1. The van der Waals surface area contributed by atoms with Gasteiger partial charge in [-0.05, 0) is 0 Å². The maximum atomic E-state index is 9.86. The van der Waals surface area contributed by atoms with Crippen molar-refractivity contribution in [3.8, 4) is 0 Å². The quantitative estimate of drug-likeness (QED) is 0.313. The van der Waals surface area contributed by atoms with E-state index in [1.165, 1.54) is 0 Å². The summed E-state index contributed by atoms with van der Waals surface area (Å²) in [5.41, 5.74) is 0. The van der Waals surface area contributed by atoms with Crippen molar-refractivity contribution in [3.63, 3.8) is 0 Å². The fourth-order valence-corrected chi connectivity index (χ4v) is 0.410. The number of carboxylic acid groups (broad SMARTS) is 1. The number of aliphatic hydroxyl groups is 2. The topological polar surface area (TPSA) is 89.8 Å². The fraction of sp³-hybridized carbons (Fsp3) is 0.800. The minimum atomic E-state index is -0.981. The zero-order valence-corrected chi connectivity index (χ0v) is 8.45. The summed E-state index contributed by atoms with van der Waals surface area (Å²) >= 11 is 0. The van der Waals surface area contributed by atoms with Gasteiger partial charge in [0.1, 0.15) is 0 Å². The first-order valence-corrected chi connectivity index (χ1v) is 2.88. The van der Waals surface area contributed by atoms with E-state index in [2.05, 4.69) is 5.32 Å². The van der Waals surface area contributed by atoms with Gasteiger partial charge < -0.3 is 22.1 Å². The van der Waals surface area contributed by atoms with Gasteiger partial charge in [-0.25, -0.2) is 0 Å². The third kappa shape index (κ3) is 10.4. The van der Waals surface area contributed by atoms with E-state index < -0.39 is 12.1 Å². The standard InChI is InChI=1S/C5H11NO4.Na.H/c7-3-4(8)1-6-2-5(9)10;;/h4,6-8H,1-3H2,(H,9,10);;/q;+1;-1. The van der Waals surface area contributed by atoms with Gasteiger partial charge in [-0.3, -0.25) is 4.79 Å². The smallest absolute Gasteiger partial charge is 1.00 e. The number of rotatable bonds is 5. The summed E-state index contributed by atoms with van der Waals surface area (Å²) < 4.78 is 0. The van der Waals surface area contributed by atoms with Gasteiger partial charge in [-0.15, -0.1) is 0 Å². The van der Waals surface area contributed by atoms with Crippen LogP contribution in [0.2, 0.25) is 0 Å². The summed E-state index contributed by atoms with van der Waals surface area (Å²) in [7, 11) is 0. The van der Waals surface area contributed by atoms with Gasteiger partial charge in [0.2, 0.25) is 0 Å². The number of hydrogen-bond donors (Lipinski definition) is 4. The van der Waals surface area contributed by atoms with Crippen LogP contribution in [-0.4, -0.2) is 47.1 Å².